The van der Waals surface area contributed by atoms with Crippen LogP contribution < -0.4 is 17.0 Å². The fraction of sp³-hybridized carbons (Fsp3) is 0.526. The van der Waals surface area contributed by atoms with Gasteiger partial charge in [0.05, 0.1) is 38.8 Å². The molecule has 8 heteroatoms. The lowest BCUT2D eigenvalue weighted by molar-refractivity contribution is -0.938. The summed E-state index contributed by atoms with van der Waals surface area (Å²) in [4.78, 5) is 13.8. The lowest BCUT2D eigenvalue weighted by Gasteiger charge is -2.45. The Morgan fingerprint density at radius 3 is 2.26 bits per heavy atom. The van der Waals surface area contributed by atoms with Crippen molar-refractivity contribution in [3.05, 3.63) is 44.8 Å². The topological polar surface area (TPSA) is 59.1 Å². The number of aliphatic hydroxyl groups is 1. The van der Waals surface area contributed by atoms with Gasteiger partial charge in [-0.25, -0.2) is 4.79 Å². The van der Waals surface area contributed by atoms with Gasteiger partial charge < -0.3 is 36.0 Å². The lowest BCUT2D eigenvalue weighted by atomic mass is 9.95. The molecule has 0 aliphatic carbocycles. The molecule has 0 amide bonds. The van der Waals surface area contributed by atoms with E-state index in [2.05, 4.69) is 0 Å². The van der Waals surface area contributed by atoms with Gasteiger partial charge in [-0.05, 0) is 22.9 Å². The Balaban J connectivity index is 0.00000336. The largest absolute Gasteiger partial charge is 1.00 e. The van der Waals surface area contributed by atoms with Gasteiger partial charge in [0.2, 0.25) is 5.60 Å². The molecular formula is C19H22BrNO4S2. The average molecular weight is 483 g/mol. The van der Waals surface area contributed by atoms with Gasteiger partial charge in [0.1, 0.15) is 30.3 Å². The Morgan fingerprint density at radius 2 is 1.81 bits per heavy atom. The van der Waals surface area contributed by atoms with Crippen LogP contribution in [0.25, 0.3) is 0 Å². The van der Waals surface area contributed by atoms with Gasteiger partial charge in [-0.15, -0.1) is 22.7 Å². The van der Waals surface area contributed by atoms with E-state index in [1.165, 1.54) is 12.1 Å². The minimum atomic E-state index is -3.60. The maximum absolute atomic E-state index is 13.5. The number of piperidine rings is 1. The van der Waals surface area contributed by atoms with Crippen LogP contribution in [0.15, 0.2) is 35.0 Å². The second kappa shape index (κ2) is 6.64. The number of rotatable bonds is 4. The molecule has 4 atom stereocenters. The van der Waals surface area contributed by atoms with Crippen LogP contribution in [0.5, 0.6) is 0 Å². The summed E-state index contributed by atoms with van der Waals surface area (Å²) in [5.41, 5.74) is -2.38. The number of thiophene rings is 2. The van der Waals surface area contributed by atoms with E-state index < -0.39 is 73.1 Å². The Morgan fingerprint density at radius 1 is 1.26 bits per heavy atom. The van der Waals surface area contributed by atoms with Crippen LogP contribution in [-0.2, 0) is 19.9 Å². The van der Waals surface area contributed by atoms with E-state index in [1.807, 2.05) is 0 Å². The highest BCUT2D eigenvalue weighted by atomic mass is 79.9. The van der Waals surface area contributed by atoms with Crippen LogP contribution in [0.1, 0.15) is 37.7 Å². The minimum Gasteiger partial charge on any atom is -1.00 e. The van der Waals surface area contributed by atoms with Gasteiger partial charge in [-0.2, -0.15) is 0 Å². The molecule has 3 saturated heterocycles. The first kappa shape index (κ1) is 10.3. The Labute approximate surface area is 192 Å². The molecule has 2 aromatic heterocycles. The molecule has 0 saturated carbocycles. The Hall–Kier alpha value is -0.770. The third-order valence-corrected chi connectivity index (χ3v) is 6.68. The van der Waals surface area contributed by atoms with E-state index in [4.69, 9.17) is 24.6 Å². The molecule has 3 aliphatic heterocycles. The molecule has 0 spiro atoms. The molecule has 0 aromatic carbocycles. The van der Waals surface area contributed by atoms with Gasteiger partial charge in [-0.3, -0.25) is 0 Å². The maximum Gasteiger partial charge on any atom is 0.349 e. The van der Waals surface area contributed by atoms with Crippen molar-refractivity contribution < 1.29 is 55.9 Å². The van der Waals surface area contributed by atoms with Crippen LogP contribution >= 0.6 is 22.7 Å². The van der Waals surface area contributed by atoms with Crippen molar-refractivity contribution in [1.29, 1.82) is 0 Å². The average Bonchev–Trinajstić information content (AvgIpc) is 3.22. The number of ether oxygens (including phenoxy) is 2. The highest BCUT2D eigenvalue weighted by molar-refractivity contribution is 7.12. The molecule has 1 N–H and O–H groups in total. The third kappa shape index (κ3) is 2.84. The number of halogens is 1. The Kier molecular flexibility index (Phi) is 2.54. The molecule has 5 heterocycles. The second-order valence-corrected chi connectivity index (χ2v) is 8.17. The van der Waals surface area contributed by atoms with E-state index in [-0.39, 0.29) is 26.7 Å². The second-order valence-electron chi connectivity index (χ2n) is 6.27. The van der Waals surface area contributed by atoms with Crippen LogP contribution in [0, 0.1) is 0 Å². The van der Waals surface area contributed by atoms with E-state index in [9.17, 15) is 9.90 Å². The van der Waals surface area contributed by atoms with Crippen molar-refractivity contribution in [3.8, 4) is 0 Å². The maximum atomic E-state index is 13.5. The SMILES string of the molecule is [2H]C1(OC(=O)C(O)(c2cccs2)c2cccs2)CC2([2H])C3([2H])OC3([2H])C([2H])(C1)[N+]2(C([2H])([2H])[2H])C([2H])([2H])[2H].[Br-]. The number of quaternary nitrogens is 1. The zero-order valence-corrected chi connectivity index (χ0v) is 16.9. The summed E-state index contributed by atoms with van der Waals surface area (Å²) >= 11 is 2.06. The van der Waals surface area contributed by atoms with Crippen molar-refractivity contribution in [2.45, 2.75) is 48.7 Å². The highest BCUT2D eigenvalue weighted by Crippen LogP contribution is 2.52. The fourth-order valence-electron chi connectivity index (χ4n) is 3.33. The van der Waals surface area contributed by atoms with Gasteiger partial charge >= 0.3 is 5.97 Å². The number of hydrogen-bond donors (Lipinski definition) is 1. The van der Waals surface area contributed by atoms with Crippen molar-refractivity contribution in [1.82, 2.24) is 0 Å². The molecule has 5 nitrogen and oxygen atoms in total. The van der Waals surface area contributed by atoms with Crippen molar-refractivity contribution in [2.75, 3.05) is 14.0 Å². The number of esters is 1. The molecule has 2 aromatic rings. The standard InChI is InChI=1S/C19H22NO4S2.BrH/c1-20(2)12-9-11(10-13(20)17-16(12)24-17)23-18(21)19(22,14-5-3-7-25-14)15-6-4-8-26-15;/h3-8,11-13,16-17,22H,9-10H2,1-2H3;1H/q+1;/p-1/i1D3,2D3,11D,12D,13D,16D,17D;. The zero-order chi connectivity index (χ0) is 27.7. The summed E-state index contributed by atoms with van der Waals surface area (Å²) in [6.45, 7) is -7.21. The van der Waals surface area contributed by atoms with Crippen LogP contribution in [0.2, 0.25) is 0 Å². The summed E-state index contributed by atoms with van der Waals surface area (Å²) in [7, 11) is 0. The first-order valence-electron chi connectivity index (χ1n) is 13.3. The molecule has 27 heavy (non-hydrogen) atoms. The van der Waals surface area contributed by atoms with Gasteiger partial charge in [0, 0.05) is 12.8 Å². The van der Waals surface area contributed by atoms with E-state index in [0.717, 1.165) is 22.7 Å². The predicted octanol–water partition coefficient (Wildman–Crippen LogP) is -0.650. The normalized spacial score (nSPS) is 53.6. The van der Waals surface area contributed by atoms with Crippen LogP contribution in [0.4, 0.5) is 0 Å². The molecule has 4 unspecified atom stereocenters. The summed E-state index contributed by atoms with van der Waals surface area (Å²) in [5, 5.41) is 14.7. The van der Waals surface area contributed by atoms with Crippen molar-refractivity contribution >= 4 is 28.6 Å². The quantitative estimate of drug-likeness (QED) is 0.357. The molecular weight excluding hydrogens is 450 g/mol. The summed E-state index contributed by atoms with van der Waals surface area (Å²) in [5.74, 6) is -1.35. The lowest BCUT2D eigenvalue weighted by Crippen LogP contribution is -3.00. The number of nitrogens with zero attached hydrogens (tertiary/aromatic N) is 1. The zero-order valence-electron chi connectivity index (χ0n) is 24.7. The first-order chi connectivity index (χ1) is 16.7. The monoisotopic (exact) mass is 482 g/mol. The van der Waals surface area contributed by atoms with Crippen LogP contribution in [-0.4, -0.2) is 59.8 Å². The fourth-order valence-corrected chi connectivity index (χ4v) is 5.04. The van der Waals surface area contributed by atoms with Crippen LogP contribution in [0.3, 0.4) is 0 Å². The number of hydrogen-bond acceptors (Lipinski definition) is 6. The highest BCUT2D eigenvalue weighted by Gasteiger charge is 2.71. The Bertz CT molecular complexity index is 1180. The first-order valence-corrected chi connectivity index (χ1v) is 9.60. The van der Waals surface area contributed by atoms with Gasteiger partial charge in [-0.1, -0.05) is 12.1 Å². The van der Waals surface area contributed by atoms with Crippen molar-refractivity contribution in [2.24, 2.45) is 0 Å². The van der Waals surface area contributed by atoms with Gasteiger partial charge in [0.15, 0.2) is 0 Å². The molecule has 146 valence electrons. The van der Waals surface area contributed by atoms with Gasteiger partial charge in [0.25, 0.3) is 0 Å². The summed E-state index contributed by atoms with van der Waals surface area (Å²) in [6.07, 6.45) is -10.6. The van der Waals surface area contributed by atoms with E-state index >= 15 is 0 Å². The minimum absolute atomic E-state index is 0. The number of morpholine rings is 1. The number of fused-ring (bicyclic) bond motifs is 5. The number of likely N-dealkylation sites (N-methyl/N-ethyl adjacent to an activating group) is 1. The molecule has 3 aliphatic rings. The van der Waals surface area contributed by atoms with E-state index in [1.54, 1.807) is 22.9 Å². The molecule has 2 bridgehead atoms. The molecule has 3 fully saturated rings. The van der Waals surface area contributed by atoms with E-state index in [0.29, 0.717) is 0 Å². The summed E-state index contributed by atoms with van der Waals surface area (Å²) < 4.78 is 101. The number of carbonyl (C=O) groups excluding carboxylic acids is 1. The van der Waals surface area contributed by atoms with Crippen molar-refractivity contribution in [3.63, 3.8) is 0 Å². The molecule has 0 radical (unpaired) electrons. The smallest absolute Gasteiger partial charge is 0.349 e. The summed E-state index contributed by atoms with van der Waals surface area (Å²) in [6, 6.07) is -0.128. The third-order valence-electron chi connectivity index (χ3n) is 4.72. The predicted molar refractivity (Wildman–Crippen MR) is 99.1 cm³/mol. The molecule has 5 rings (SSSR count). The number of epoxide rings is 1. The number of carbonyl (C=O) groups is 1.